The summed E-state index contributed by atoms with van der Waals surface area (Å²) in [6.07, 6.45) is 2.82. The van der Waals surface area contributed by atoms with Crippen molar-refractivity contribution in [3.63, 3.8) is 0 Å². The average Bonchev–Trinajstić information content (AvgIpc) is 4.03. The lowest BCUT2D eigenvalue weighted by atomic mass is 9.85. The van der Waals surface area contributed by atoms with Crippen molar-refractivity contribution in [1.29, 1.82) is 0 Å². The minimum Gasteiger partial charge on any atom is -0.387 e. The molecular formula is C38H44ClN5O7. The van der Waals surface area contributed by atoms with Crippen LogP contribution < -0.4 is 16.0 Å². The highest BCUT2D eigenvalue weighted by Crippen LogP contribution is 2.43. The molecular weight excluding hydrogens is 674 g/mol. The Morgan fingerprint density at radius 1 is 0.980 bits per heavy atom. The van der Waals surface area contributed by atoms with Gasteiger partial charge in [-0.1, -0.05) is 92.8 Å². The van der Waals surface area contributed by atoms with E-state index in [0.717, 1.165) is 18.4 Å². The number of likely N-dealkylation sites (tertiary alicyclic amines) is 1. The Balaban J connectivity index is 1.24. The van der Waals surface area contributed by atoms with Crippen LogP contribution in [0, 0.1) is 23.2 Å². The molecule has 4 amide bonds. The Morgan fingerprint density at radius 2 is 1.71 bits per heavy atom. The molecule has 2 aliphatic carbocycles. The molecule has 0 bridgehead atoms. The van der Waals surface area contributed by atoms with Crippen LogP contribution >= 0.6 is 11.6 Å². The maximum absolute atomic E-state index is 14.6. The first-order chi connectivity index (χ1) is 24.2. The van der Waals surface area contributed by atoms with Gasteiger partial charge in [-0.25, -0.2) is 0 Å². The number of nitrogens with zero attached hydrogens (tertiary/aromatic N) is 2. The highest BCUT2D eigenvalue weighted by Gasteiger charge is 2.56. The number of hydrogen-bond donors (Lipinski definition) is 3. The first-order valence-electron chi connectivity index (χ1n) is 17.5. The van der Waals surface area contributed by atoms with Gasteiger partial charge in [0, 0.05) is 47.9 Å². The SMILES string of the molecule is CNC(=O)C(=O)[C@H](CC1CC1)NC(=O)[C@@H]1C[C@]2(CC(c3cccc(Cl)c3)=NO2)CN1C(=O)[C@@H](NC(=O)C1C[C@H]1C(=O)c1ccccc1)C(C)(C)C. The van der Waals surface area contributed by atoms with Crippen molar-refractivity contribution in [3.8, 4) is 0 Å². The fourth-order valence-electron chi connectivity index (χ4n) is 7.07. The second-order valence-electron chi connectivity index (χ2n) is 15.4. The van der Waals surface area contributed by atoms with E-state index in [4.69, 9.17) is 16.4 Å². The van der Waals surface area contributed by atoms with Gasteiger partial charge in [-0.15, -0.1) is 0 Å². The van der Waals surface area contributed by atoms with Crippen LogP contribution in [-0.4, -0.2) is 83.1 Å². The summed E-state index contributed by atoms with van der Waals surface area (Å²) in [5, 5.41) is 12.9. The smallest absolute Gasteiger partial charge is 0.289 e. The van der Waals surface area contributed by atoms with Gasteiger partial charge in [-0.2, -0.15) is 0 Å². The Bertz CT molecular complexity index is 1770. The van der Waals surface area contributed by atoms with Crippen LogP contribution in [0.4, 0.5) is 0 Å². The fourth-order valence-corrected chi connectivity index (χ4v) is 7.26. The summed E-state index contributed by atoms with van der Waals surface area (Å²) in [7, 11) is 1.36. The van der Waals surface area contributed by atoms with Crippen molar-refractivity contribution < 1.29 is 33.6 Å². The van der Waals surface area contributed by atoms with E-state index in [1.54, 1.807) is 42.5 Å². The Kier molecular flexibility index (Phi) is 10.1. The maximum atomic E-state index is 14.6. The third-order valence-corrected chi connectivity index (χ3v) is 10.5. The molecule has 51 heavy (non-hydrogen) atoms. The number of benzene rings is 2. The van der Waals surface area contributed by atoms with Gasteiger partial charge in [0.2, 0.25) is 23.5 Å². The number of rotatable bonds is 12. The van der Waals surface area contributed by atoms with Gasteiger partial charge in [0.15, 0.2) is 11.4 Å². The summed E-state index contributed by atoms with van der Waals surface area (Å²) in [5.74, 6) is -4.04. The zero-order valence-electron chi connectivity index (χ0n) is 29.2. The number of Topliss-reactive ketones (excluding diaryl/α,β-unsaturated/α-hetero) is 2. The molecule has 270 valence electrons. The summed E-state index contributed by atoms with van der Waals surface area (Å²) in [6.45, 7) is 5.43. The van der Waals surface area contributed by atoms with E-state index in [-0.39, 0.29) is 31.1 Å². The number of ketones is 2. The van der Waals surface area contributed by atoms with Gasteiger partial charge in [-0.05, 0) is 36.3 Å². The normalized spacial score (nSPS) is 24.9. The zero-order chi connectivity index (χ0) is 36.7. The molecule has 13 heteroatoms. The lowest BCUT2D eigenvalue weighted by Crippen LogP contribution is -2.59. The molecule has 6 rings (SSSR count). The summed E-state index contributed by atoms with van der Waals surface area (Å²) in [4.78, 5) is 88.3. The number of nitrogens with one attached hydrogen (secondary N) is 3. The highest BCUT2D eigenvalue weighted by atomic mass is 35.5. The number of hydrogen-bond acceptors (Lipinski definition) is 8. The minimum absolute atomic E-state index is 0.0187. The topological polar surface area (TPSA) is 163 Å². The van der Waals surface area contributed by atoms with Crippen molar-refractivity contribution in [2.75, 3.05) is 13.6 Å². The van der Waals surface area contributed by atoms with Gasteiger partial charge in [0.1, 0.15) is 12.1 Å². The predicted molar refractivity (Wildman–Crippen MR) is 189 cm³/mol. The molecule has 12 nitrogen and oxygen atoms in total. The third kappa shape index (κ3) is 8.01. The summed E-state index contributed by atoms with van der Waals surface area (Å²) in [6, 6.07) is 12.7. The summed E-state index contributed by atoms with van der Waals surface area (Å²) >= 11 is 6.24. The molecule has 2 heterocycles. The van der Waals surface area contributed by atoms with Crippen LogP contribution in [0.2, 0.25) is 5.02 Å². The molecule has 3 fully saturated rings. The minimum atomic E-state index is -1.10. The van der Waals surface area contributed by atoms with Crippen LogP contribution in [0.5, 0.6) is 0 Å². The molecule has 1 unspecified atom stereocenters. The highest BCUT2D eigenvalue weighted by molar-refractivity contribution is 6.38. The van der Waals surface area contributed by atoms with E-state index in [1.807, 2.05) is 32.9 Å². The van der Waals surface area contributed by atoms with E-state index < -0.39 is 70.4 Å². The maximum Gasteiger partial charge on any atom is 0.289 e. The molecule has 2 aliphatic heterocycles. The van der Waals surface area contributed by atoms with E-state index >= 15 is 0 Å². The molecule has 0 aromatic heterocycles. The molecule has 6 atom stereocenters. The van der Waals surface area contributed by atoms with Crippen LogP contribution in [0.1, 0.15) is 75.2 Å². The zero-order valence-corrected chi connectivity index (χ0v) is 30.0. The third-order valence-electron chi connectivity index (χ3n) is 10.3. The molecule has 4 aliphatic rings. The number of likely N-dealkylation sites (N-methyl/N-ethyl adjacent to an activating group) is 1. The number of oxime groups is 1. The van der Waals surface area contributed by atoms with Crippen molar-refractivity contribution in [3.05, 3.63) is 70.7 Å². The standard InChI is InChI=1S/C38H44ClN5O7/c1-37(2,3)32(42-33(47)26-17-25(26)30(45)22-9-6-5-7-10-22)36(50)44-20-38(18-28(43-51-38)23-11-8-12-24(39)16-23)19-29(44)34(48)41-27(15-21-13-14-21)31(46)35(49)40-4/h5-12,16,21,25-27,29,32H,13-15,17-20H2,1-4H3,(H,40,49)(H,41,48)(H,42,47)/t25-,26?,27+,29+,32-,38-/m1/s1. The molecule has 1 spiro atoms. The predicted octanol–water partition coefficient (Wildman–Crippen LogP) is 3.45. The Morgan fingerprint density at radius 3 is 2.35 bits per heavy atom. The molecule has 1 saturated heterocycles. The number of carbonyl (C=O) groups is 6. The molecule has 2 aromatic rings. The molecule has 2 aromatic carbocycles. The van der Waals surface area contributed by atoms with Crippen LogP contribution in [0.15, 0.2) is 59.8 Å². The van der Waals surface area contributed by atoms with Crippen LogP contribution in [0.3, 0.4) is 0 Å². The van der Waals surface area contributed by atoms with Gasteiger partial charge >= 0.3 is 0 Å². The van der Waals surface area contributed by atoms with Crippen molar-refractivity contribution in [1.82, 2.24) is 20.9 Å². The first-order valence-corrected chi connectivity index (χ1v) is 17.8. The average molecular weight is 718 g/mol. The van der Waals surface area contributed by atoms with Gasteiger partial charge in [-0.3, -0.25) is 28.8 Å². The van der Waals surface area contributed by atoms with E-state index in [9.17, 15) is 28.8 Å². The quantitative estimate of drug-likeness (QED) is 0.224. The number of carbonyl (C=O) groups excluding carboxylic acids is 6. The lowest BCUT2D eigenvalue weighted by molar-refractivity contribution is -0.145. The number of halogens is 1. The molecule has 0 radical (unpaired) electrons. The first kappa shape index (κ1) is 36.2. The summed E-state index contributed by atoms with van der Waals surface area (Å²) in [5.41, 5.74) is 0.0243. The second-order valence-corrected chi connectivity index (χ2v) is 15.8. The monoisotopic (exact) mass is 717 g/mol. The summed E-state index contributed by atoms with van der Waals surface area (Å²) < 4.78 is 0. The van der Waals surface area contributed by atoms with Crippen LogP contribution in [0.25, 0.3) is 0 Å². The van der Waals surface area contributed by atoms with Gasteiger partial charge in [0.25, 0.3) is 5.91 Å². The lowest BCUT2D eigenvalue weighted by Gasteiger charge is -2.35. The largest absolute Gasteiger partial charge is 0.387 e. The van der Waals surface area contributed by atoms with Crippen molar-refractivity contribution >= 4 is 52.5 Å². The number of amides is 4. The van der Waals surface area contributed by atoms with Gasteiger partial charge < -0.3 is 25.7 Å². The van der Waals surface area contributed by atoms with Crippen molar-refractivity contribution in [2.24, 2.45) is 28.3 Å². The van der Waals surface area contributed by atoms with Gasteiger partial charge in [0.05, 0.1) is 18.3 Å². The van der Waals surface area contributed by atoms with Crippen LogP contribution in [-0.2, 0) is 28.8 Å². The van der Waals surface area contributed by atoms with E-state index in [2.05, 4.69) is 21.1 Å². The Labute approximate surface area is 302 Å². The van der Waals surface area contributed by atoms with E-state index in [0.29, 0.717) is 29.1 Å². The molecule has 3 N–H and O–H groups in total. The van der Waals surface area contributed by atoms with Crippen molar-refractivity contribution in [2.45, 2.75) is 83.0 Å². The fraction of sp³-hybridized carbons (Fsp3) is 0.500. The molecule has 2 saturated carbocycles. The Hall–Kier alpha value is -4.58. The second kappa shape index (κ2) is 14.2. The van der Waals surface area contributed by atoms with E-state index in [1.165, 1.54) is 11.9 Å².